The number of nitrogens with one attached hydrogen (secondary N) is 1. The van der Waals surface area contributed by atoms with E-state index in [0.717, 1.165) is 0 Å². The summed E-state index contributed by atoms with van der Waals surface area (Å²) in [6, 6.07) is 4.20. The number of carbonyl (C=O) groups is 1. The van der Waals surface area contributed by atoms with Crippen molar-refractivity contribution in [3.05, 3.63) is 18.2 Å². The molecule has 1 aromatic carbocycles. The number of anilines is 1. The number of amides is 1. The number of nitrogens with zero attached hydrogens (tertiary/aromatic N) is 2. The minimum absolute atomic E-state index is 0.00819. The van der Waals surface area contributed by atoms with Crippen LogP contribution in [-0.2, 0) is 24.8 Å². The van der Waals surface area contributed by atoms with Crippen LogP contribution in [0, 0.1) is 0 Å². The van der Waals surface area contributed by atoms with Gasteiger partial charge in [0.2, 0.25) is 26.0 Å². The fourth-order valence-corrected chi connectivity index (χ4v) is 5.19. The maximum atomic E-state index is 12.9. The van der Waals surface area contributed by atoms with Gasteiger partial charge < -0.3 is 10.1 Å². The number of sulfonamides is 2. The van der Waals surface area contributed by atoms with E-state index in [-0.39, 0.29) is 48.4 Å². The summed E-state index contributed by atoms with van der Waals surface area (Å²) in [5, 5.41) is 2.54. The fraction of sp³-hybridized carbons (Fsp3) is 0.533. The second kappa shape index (κ2) is 7.91. The minimum Gasteiger partial charge on any atom is -0.495 e. The molecule has 11 heteroatoms. The Morgan fingerprint density at radius 2 is 1.69 bits per heavy atom. The average molecular weight is 405 g/mol. The highest BCUT2D eigenvalue weighted by Gasteiger charge is 2.32. The Morgan fingerprint density at radius 3 is 2.19 bits per heavy atom. The van der Waals surface area contributed by atoms with Crippen LogP contribution in [0.15, 0.2) is 23.1 Å². The predicted molar refractivity (Wildman–Crippen MR) is 97.1 cm³/mol. The van der Waals surface area contributed by atoms with E-state index >= 15 is 0 Å². The normalized spacial score (nSPS) is 17.0. The molecule has 0 aromatic heterocycles. The third-order valence-corrected chi connectivity index (χ3v) is 7.85. The van der Waals surface area contributed by atoms with E-state index in [0.29, 0.717) is 5.75 Å². The zero-order valence-electron chi connectivity index (χ0n) is 14.9. The monoisotopic (exact) mass is 405 g/mol. The van der Waals surface area contributed by atoms with Crippen molar-refractivity contribution >= 4 is 31.6 Å². The van der Waals surface area contributed by atoms with Crippen LogP contribution in [0.2, 0.25) is 0 Å². The van der Waals surface area contributed by atoms with Crippen LogP contribution >= 0.6 is 0 Å². The van der Waals surface area contributed by atoms with Crippen molar-refractivity contribution in [2.45, 2.75) is 18.7 Å². The number of hydrogen-bond donors (Lipinski definition) is 1. The number of hydrogen-bond acceptors (Lipinski definition) is 6. The lowest BCUT2D eigenvalue weighted by atomic mass is 10.3. The van der Waals surface area contributed by atoms with E-state index in [1.807, 2.05) is 0 Å². The van der Waals surface area contributed by atoms with Crippen LogP contribution in [0.4, 0.5) is 5.69 Å². The van der Waals surface area contributed by atoms with Gasteiger partial charge in [0.25, 0.3) is 0 Å². The number of methoxy groups -OCH3 is 1. The van der Waals surface area contributed by atoms with Crippen LogP contribution in [0.3, 0.4) is 0 Å². The Labute approximate surface area is 154 Å². The largest absolute Gasteiger partial charge is 0.495 e. The average Bonchev–Trinajstić information content (AvgIpc) is 2.61. The zero-order valence-corrected chi connectivity index (χ0v) is 16.6. The number of piperazine rings is 1. The van der Waals surface area contributed by atoms with E-state index < -0.39 is 20.0 Å². The molecule has 1 aromatic rings. The van der Waals surface area contributed by atoms with Gasteiger partial charge in [-0.2, -0.15) is 8.61 Å². The summed E-state index contributed by atoms with van der Waals surface area (Å²) in [6.07, 6.45) is 0. The first-order valence-corrected chi connectivity index (χ1v) is 11.1. The summed E-state index contributed by atoms with van der Waals surface area (Å²) in [6.45, 7) is 3.24. The van der Waals surface area contributed by atoms with Crippen molar-refractivity contribution in [3.8, 4) is 5.75 Å². The van der Waals surface area contributed by atoms with Crippen LogP contribution in [0.1, 0.15) is 13.8 Å². The molecule has 1 aliphatic heterocycles. The molecular formula is C15H23N3O6S2. The number of ether oxygens (including phenoxy) is 1. The Balaban J connectivity index is 2.24. The summed E-state index contributed by atoms with van der Waals surface area (Å²) < 4.78 is 57.2. The summed E-state index contributed by atoms with van der Waals surface area (Å²) >= 11 is 0. The molecule has 9 nitrogen and oxygen atoms in total. The van der Waals surface area contributed by atoms with Gasteiger partial charge >= 0.3 is 0 Å². The fourth-order valence-electron chi connectivity index (χ4n) is 2.65. The third-order valence-electron chi connectivity index (χ3n) is 4.08. The first-order chi connectivity index (χ1) is 12.1. The lowest BCUT2D eigenvalue weighted by molar-refractivity contribution is -0.114. The standard InChI is InChI=1S/C15H23N3O6S2/c1-4-25(20,21)17-7-9-18(10-8-17)26(22,23)13-5-6-15(24-3)14(11-13)16-12(2)19/h5-6,11H,4,7-10H2,1-3H3,(H,16,19). The molecule has 0 atom stereocenters. The Hall–Kier alpha value is -1.69. The quantitative estimate of drug-likeness (QED) is 0.729. The van der Waals surface area contributed by atoms with E-state index in [2.05, 4.69) is 5.32 Å². The second-order valence-corrected chi connectivity index (χ2v) is 9.94. The Bertz CT molecular complexity index is 875. The van der Waals surface area contributed by atoms with Gasteiger partial charge in [0.1, 0.15) is 5.75 Å². The lowest BCUT2D eigenvalue weighted by Crippen LogP contribution is -2.50. The highest BCUT2D eigenvalue weighted by molar-refractivity contribution is 7.89. The van der Waals surface area contributed by atoms with Gasteiger partial charge in [-0.05, 0) is 25.1 Å². The van der Waals surface area contributed by atoms with E-state index in [1.165, 1.54) is 40.8 Å². The molecule has 1 amide bonds. The van der Waals surface area contributed by atoms with Gasteiger partial charge in [0, 0.05) is 33.1 Å². The van der Waals surface area contributed by atoms with E-state index in [9.17, 15) is 21.6 Å². The van der Waals surface area contributed by atoms with Crippen LogP contribution in [-0.4, -0.2) is 70.4 Å². The molecule has 146 valence electrons. The first kappa shape index (κ1) is 20.6. The summed E-state index contributed by atoms with van der Waals surface area (Å²) in [7, 11) is -5.73. The van der Waals surface area contributed by atoms with Crippen LogP contribution in [0.5, 0.6) is 5.75 Å². The Morgan fingerprint density at radius 1 is 1.12 bits per heavy atom. The van der Waals surface area contributed by atoms with Gasteiger partial charge in [0.05, 0.1) is 23.4 Å². The summed E-state index contributed by atoms with van der Waals surface area (Å²) in [5.41, 5.74) is 0.258. The molecule has 0 bridgehead atoms. The highest BCUT2D eigenvalue weighted by atomic mass is 32.2. The Kier molecular flexibility index (Phi) is 6.27. The van der Waals surface area contributed by atoms with Gasteiger partial charge in [-0.3, -0.25) is 4.79 Å². The molecule has 0 aliphatic carbocycles. The highest BCUT2D eigenvalue weighted by Crippen LogP contribution is 2.29. The summed E-state index contributed by atoms with van der Waals surface area (Å²) in [5.74, 6) is -0.0209. The van der Waals surface area contributed by atoms with Gasteiger partial charge in [-0.1, -0.05) is 0 Å². The third kappa shape index (κ3) is 4.34. The van der Waals surface area contributed by atoms with Crippen molar-refractivity contribution in [1.82, 2.24) is 8.61 Å². The van der Waals surface area contributed by atoms with Crippen molar-refractivity contribution < 1.29 is 26.4 Å². The molecule has 0 radical (unpaired) electrons. The zero-order chi connectivity index (χ0) is 19.5. The molecular weight excluding hydrogens is 382 g/mol. The van der Waals surface area contributed by atoms with Crippen molar-refractivity contribution in [2.24, 2.45) is 0 Å². The molecule has 0 saturated carbocycles. The molecule has 1 N–H and O–H groups in total. The van der Waals surface area contributed by atoms with Crippen molar-refractivity contribution in [2.75, 3.05) is 44.4 Å². The predicted octanol–water partition coefficient (Wildman–Crippen LogP) is 0.310. The van der Waals surface area contributed by atoms with E-state index in [1.54, 1.807) is 6.92 Å². The van der Waals surface area contributed by atoms with Crippen molar-refractivity contribution in [1.29, 1.82) is 0 Å². The number of carbonyl (C=O) groups excluding carboxylic acids is 1. The smallest absolute Gasteiger partial charge is 0.243 e. The number of rotatable bonds is 6. The maximum absolute atomic E-state index is 12.9. The summed E-state index contributed by atoms with van der Waals surface area (Å²) in [4.78, 5) is 11.3. The minimum atomic E-state index is -3.82. The lowest BCUT2D eigenvalue weighted by Gasteiger charge is -2.33. The topological polar surface area (TPSA) is 113 Å². The molecule has 1 fully saturated rings. The molecule has 1 heterocycles. The molecule has 1 aliphatic rings. The molecule has 1 saturated heterocycles. The second-order valence-electron chi connectivity index (χ2n) is 5.75. The van der Waals surface area contributed by atoms with Crippen LogP contribution < -0.4 is 10.1 Å². The van der Waals surface area contributed by atoms with E-state index in [4.69, 9.17) is 4.74 Å². The van der Waals surface area contributed by atoms with Crippen molar-refractivity contribution in [3.63, 3.8) is 0 Å². The van der Waals surface area contributed by atoms with Gasteiger partial charge in [0.15, 0.2) is 0 Å². The molecule has 26 heavy (non-hydrogen) atoms. The molecule has 0 unspecified atom stereocenters. The first-order valence-electron chi connectivity index (χ1n) is 8.05. The van der Waals surface area contributed by atoms with Crippen LogP contribution in [0.25, 0.3) is 0 Å². The maximum Gasteiger partial charge on any atom is 0.243 e. The number of benzene rings is 1. The molecule has 0 spiro atoms. The van der Waals surface area contributed by atoms with Gasteiger partial charge in [-0.15, -0.1) is 0 Å². The van der Waals surface area contributed by atoms with Gasteiger partial charge in [-0.25, -0.2) is 16.8 Å². The molecule has 2 rings (SSSR count). The SMILES string of the molecule is CCS(=O)(=O)N1CCN(S(=O)(=O)c2ccc(OC)c(NC(C)=O)c2)CC1.